The Morgan fingerprint density at radius 3 is 3.06 bits per heavy atom. The fourth-order valence-electron chi connectivity index (χ4n) is 1.83. The van der Waals surface area contributed by atoms with E-state index in [9.17, 15) is 9.59 Å². The Labute approximate surface area is 110 Å². The zero-order valence-corrected chi connectivity index (χ0v) is 11.2. The second-order valence-corrected chi connectivity index (χ2v) is 5.57. The van der Waals surface area contributed by atoms with Gasteiger partial charge in [-0.25, -0.2) is 0 Å². The lowest BCUT2D eigenvalue weighted by Crippen LogP contribution is -2.29. The molecule has 2 rings (SSSR count). The van der Waals surface area contributed by atoms with Crippen LogP contribution >= 0.6 is 11.8 Å². The van der Waals surface area contributed by atoms with Gasteiger partial charge in [-0.05, 0) is 19.1 Å². The average Bonchev–Trinajstić information content (AvgIpc) is 2.50. The predicted octanol–water partition coefficient (Wildman–Crippen LogP) is 1.76. The van der Waals surface area contributed by atoms with Gasteiger partial charge in [0.25, 0.3) is 5.91 Å². The van der Waals surface area contributed by atoms with Crippen molar-refractivity contribution in [3.63, 3.8) is 0 Å². The number of hydrogen-bond donors (Lipinski definition) is 1. The molecule has 96 valence electrons. The third kappa shape index (κ3) is 2.85. The SMILES string of the molecule is COC(=O)CC1CNC(=O)c2cc(C)ccc2S1. The number of hydrogen-bond acceptors (Lipinski definition) is 4. The highest BCUT2D eigenvalue weighted by molar-refractivity contribution is 8.00. The number of amides is 1. The van der Waals surface area contributed by atoms with Gasteiger partial charge < -0.3 is 10.1 Å². The number of thioether (sulfide) groups is 1. The minimum atomic E-state index is -0.252. The molecule has 0 bridgehead atoms. The first-order chi connectivity index (χ1) is 8.60. The molecule has 1 atom stereocenters. The summed E-state index contributed by atoms with van der Waals surface area (Å²) in [5.41, 5.74) is 1.74. The van der Waals surface area contributed by atoms with Crippen LogP contribution in [0, 0.1) is 6.92 Å². The van der Waals surface area contributed by atoms with Crippen molar-refractivity contribution < 1.29 is 14.3 Å². The number of benzene rings is 1. The standard InChI is InChI=1S/C13H15NO3S/c1-8-3-4-11-10(5-8)13(16)14-7-9(18-11)6-12(15)17-2/h3-5,9H,6-7H2,1-2H3,(H,14,16). The van der Waals surface area contributed by atoms with Gasteiger partial charge in [0.05, 0.1) is 19.1 Å². The second-order valence-electron chi connectivity index (χ2n) is 4.23. The number of aryl methyl sites for hydroxylation is 1. The molecule has 0 radical (unpaired) electrons. The Kier molecular flexibility index (Phi) is 3.91. The van der Waals surface area contributed by atoms with E-state index in [-0.39, 0.29) is 17.1 Å². The van der Waals surface area contributed by atoms with E-state index in [0.717, 1.165) is 10.5 Å². The van der Waals surface area contributed by atoms with Crippen LogP contribution in [0.5, 0.6) is 0 Å². The Morgan fingerprint density at radius 1 is 1.56 bits per heavy atom. The molecule has 0 saturated heterocycles. The summed E-state index contributed by atoms with van der Waals surface area (Å²) >= 11 is 1.55. The Hall–Kier alpha value is -1.49. The fraction of sp³-hybridized carbons (Fsp3) is 0.385. The summed E-state index contributed by atoms with van der Waals surface area (Å²) in [6, 6.07) is 5.78. The smallest absolute Gasteiger partial charge is 0.306 e. The van der Waals surface area contributed by atoms with Crippen LogP contribution in [0.3, 0.4) is 0 Å². The molecule has 1 unspecified atom stereocenters. The third-order valence-corrected chi connectivity index (χ3v) is 4.06. The van der Waals surface area contributed by atoms with Crippen molar-refractivity contribution in [2.24, 2.45) is 0 Å². The van der Waals surface area contributed by atoms with Gasteiger partial charge in [-0.1, -0.05) is 11.6 Å². The molecular weight excluding hydrogens is 250 g/mol. The maximum absolute atomic E-state index is 11.9. The largest absolute Gasteiger partial charge is 0.469 e. The Bertz CT molecular complexity index is 487. The summed E-state index contributed by atoms with van der Waals surface area (Å²) in [7, 11) is 1.37. The van der Waals surface area contributed by atoms with Gasteiger partial charge in [0.2, 0.25) is 0 Å². The average molecular weight is 265 g/mol. The molecule has 0 spiro atoms. The number of carbonyl (C=O) groups is 2. The maximum Gasteiger partial charge on any atom is 0.306 e. The van der Waals surface area contributed by atoms with Crippen molar-refractivity contribution in [2.75, 3.05) is 13.7 Å². The summed E-state index contributed by atoms with van der Waals surface area (Å²) in [5, 5.41) is 2.86. The molecule has 1 heterocycles. The van der Waals surface area contributed by atoms with E-state index in [2.05, 4.69) is 10.1 Å². The van der Waals surface area contributed by atoms with E-state index >= 15 is 0 Å². The second kappa shape index (κ2) is 5.44. The molecule has 5 heteroatoms. The van der Waals surface area contributed by atoms with Crippen molar-refractivity contribution in [1.29, 1.82) is 0 Å². The molecule has 0 aromatic heterocycles. The third-order valence-electron chi connectivity index (χ3n) is 2.79. The summed E-state index contributed by atoms with van der Waals surface area (Å²) in [6.45, 7) is 2.43. The van der Waals surface area contributed by atoms with Gasteiger partial charge in [0.1, 0.15) is 0 Å². The van der Waals surface area contributed by atoms with Gasteiger partial charge in [-0.3, -0.25) is 9.59 Å². The first-order valence-electron chi connectivity index (χ1n) is 5.72. The maximum atomic E-state index is 11.9. The molecule has 0 fully saturated rings. The minimum absolute atomic E-state index is 0.0188. The summed E-state index contributed by atoms with van der Waals surface area (Å²) in [6.07, 6.45) is 0.300. The molecule has 1 aliphatic rings. The molecular formula is C13H15NO3S. The fourth-order valence-corrected chi connectivity index (χ4v) is 3.00. The highest BCUT2D eigenvalue weighted by Gasteiger charge is 2.24. The van der Waals surface area contributed by atoms with Crippen molar-refractivity contribution >= 4 is 23.6 Å². The van der Waals surface area contributed by atoms with Crippen LogP contribution in [0.1, 0.15) is 22.3 Å². The zero-order valence-electron chi connectivity index (χ0n) is 10.4. The number of carbonyl (C=O) groups excluding carboxylic acids is 2. The zero-order chi connectivity index (χ0) is 13.1. The Morgan fingerprint density at radius 2 is 2.33 bits per heavy atom. The Balaban J connectivity index is 2.22. The van der Waals surface area contributed by atoms with Gasteiger partial charge in [0.15, 0.2) is 0 Å². The minimum Gasteiger partial charge on any atom is -0.469 e. The van der Waals surface area contributed by atoms with Crippen molar-refractivity contribution in [3.05, 3.63) is 29.3 Å². The number of methoxy groups -OCH3 is 1. The predicted molar refractivity (Wildman–Crippen MR) is 69.8 cm³/mol. The van der Waals surface area contributed by atoms with E-state index in [4.69, 9.17) is 0 Å². The topological polar surface area (TPSA) is 55.4 Å². The summed E-state index contributed by atoms with van der Waals surface area (Å²) in [4.78, 5) is 24.1. The molecule has 1 N–H and O–H groups in total. The molecule has 1 amide bonds. The van der Waals surface area contributed by atoms with Crippen LogP contribution in [-0.2, 0) is 9.53 Å². The molecule has 1 aromatic rings. The van der Waals surface area contributed by atoms with Gasteiger partial charge in [0, 0.05) is 16.7 Å². The van der Waals surface area contributed by atoms with E-state index in [1.54, 1.807) is 11.8 Å². The summed E-state index contributed by atoms with van der Waals surface area (Å²) in [5.74, 6) is -0.328. The first kappa shape index (κ1) is 13.0. The molecule has 0 aliphatic carbocycles. The van der Waals surface area contributed by atoms with Crippen LogP contribution in [-0.4, -0.2) is 30.8 Å². The normalized spacial score (nSPS) is 18.6. The van der Waals surface area contributed by atoms with Crippen molar-refractivity contribution in [2.45, 2.75) is 23.5 Å². The monoisotopic (exact) mass is 265 g/mol. The van der Waals surface area contributed by atoms with Crippen LogP contribution in [0.4, 0.5) is 0 Å². The highest BCUT2D eigenvalue weighted by atomic mass is 32.2. The number of rotatable bonds is 2. The molecule has 0 saturated carbocycles. The number of nitrogens with one attached hydrogen (secondary N) is 1. The van der Waals surface area contributed by atoms with Gasteiger partial charge in [-0.2, -0.15) is 0 Å². The molecule has 1 aliphatic heterocycles. The number of ether oxygens (including phenoxy) is 1. The van der Waals surface area contributed by atoms with E-state index in [0.29, 0.717) is 18.5 Å². The van der Waals surface area contributed by atoms with E-state index < -0.39 is 0 Å². The molecule has 18 heavy (non-hydrogen) atoms. The van der Waals surface area contributed by atoms with Gasteiger partial charge in [-0.15, -0.1) is 11.8 Å². The van der Waals surface area contributed by atoms with Crippen molar-refractivity contribution in [3.8, 4) is 0 Å². The first-order valence-corrected chi connectivity index (χ1v) is 6.60. The van der Waals surface area contributed by atoms with Crippen LogP contribution in [0.25, 0.3) is 0 Å². The van der Waals surface area contributed by atoms with Crippen LogP contribution in [0.2, 0.25) is 0 Å². The van der Waals surface area contributed by atoms with E-state index in [1.165, 1.54) is 7.11 Å². The lowest BCUT2D eigenvalue weighted by Gasteiger charge is -2.12. The van der Waals surface area contributed by atoms with Gasteiger partial charge >= 0.3 is 5.97 Å². The quantitative estimate of drug-likeness (QED) is 0.828. The lowest BCUT2D eigenvalue weighted by molar-refractivity contribution is -0.140. The molecule has 1 aromatic carbocycles. The van der Waals surface area contributed by atoms with Crippen molar-refractivity contribution in [1.82, 2.24) is 5.32 Å². The van der Waals surface area contributed by atoms with Crippen LogP contribution < -0.4 is 5.32 Å². The lowest BCUT2D eigenvalue weighted by atomic mass is 10.1. The summed E-state index contributed by atoms with van der Waals surface area (Å²) < 4.78 is 4.66. The highest BCUT2D eigenvalue weighted by Crippen LogP contribution is 2.31. The number of esters is 1. The van der Waals surface area contributed by atoms with Crippen LogP contribution in [0.15, 0.2) is 23.1 Å². The molecule has 4 nitrogen and oxygen atoms in total. The van der Waals surface area contributed by atoms with E-state index in [1.807, 2.05) is 25.1 Å². The number of fused-ring (bicyclic) bond motifs is 1.